The highest BCUT2D eigenvalue weighted by atomic mass is 16.1. The molecule has 128 valence electrons. The van der Waals surface area contributed by atoms with Crippen LogP contribution in [0.2, 0.25) is 0 Å². The molecule has 0 spiro atoms. The molecule has 2 aromatic rings. The topological polar surface area (TPSA) is 50.2 Å². The van der Waals surface area contributed by atoms with Crippen LogP contribution in [0.4, 0.5) is 5.82 Å². The first kappa shape index (κ1) is 16.7. The number of amides is 1. The molecule has 0 radical (unpaired) electrons. The molecule has 1 aliphatic heterocycles. The zero-order valence-corrected chi connectivity index (χ0v) is 14.5. The first-order chi connectivity index (χ1) is 11.7. The van der Waals surface area contributed by atoms with Gasteiger partial charge in [-0.05, 0) is 49.9 Å². The first-order valence-electron chi connectivity index (χ1n) is 8.80. The summed E-state index contributed by atoms with van der Waals surface area (Å²) in [6.45, 7) is 8.36. The highest BCUT2D eigenvalue weighted by molar-refractivity contribution is 6.03. The SMILES string of the molecule is CCn1nccc1NC(=O)c1ccc(CN2CCC[C@@H](C)C2)cc1. The van der Waals surface area contributed by atoms with Crippen molar-refractivity contribution in [2.75, 3.05) is 18.4 Å². The molecule has 1 aliphatic rings. The Morgan fingerprint density at radius 3 is 2.79 bits per heavy atom. The summed E-state index contributed by atoms with van der Waals surface area (Å²) in [5.74, 6) is 1.42. The van der Waals surface area contributed by atoms with Crippen molar-refractivity contribution in [3.05, 3.63) is 47.7 Å². The van der Waals surface area contributed by atoms with Crippen LogP contribution in [0.5, 0.6) is 0 Å². The lowest BCUT2D eigenvalue weighted by Crippen LogP contribution is -2.33. The number of aromatic nitrogens is 2. The van der Waals surface area contributed by atoms with Crippen molar-refractivity contribution in [1.82, 2.24) is 14.7 Å². The van der Waals surface area contributed by atoms with E-state index in [2.05, 4.69) is 34.4 Å². The molecule has 1 aromatic carbocycles. The number of carbonyl (C=O) groups excluding carboxylic acids is 1. The number of anilines is 1. The highest BCUT2D eigenvalue weighted by Gasteiger charge is 2.16. The van der Waals surface area contributed by atoms with E-state index in [4.69, 9.17) is 0 Å². The third-order valence-electron chi connectivity index (χ3n) is 4.62. The minimum Gasteiger partial charge on any atom is -0.307 e. The molecule has 0 aliphatic carbocycles. The number of hydrogen-bond acceptors (Lipinski definition) is 3. The summed E-state index contributed by atoms with van der Waals surface area (Å²) >= 11 is 0. The number of nitrogens with zero attached hydrogens (tertiary/aromatic N) is 3. The molecule has 1 atom stereocenters. The zero-order valence-electron chi connectivity index (χ0n) is 14.5. The molecule has 3 rings (SSSR count). The van der Waals surface area contributed by atoms with Crippen LogP contribution in [0, 0.1) is 5.92 Å². The van der Waals surface area contributed by atoms with Crippen LogP contribution < -0.4 is 5.32 Å². The number of likely N-dealkylation sites (tertiary alicyclic amines) is 1. The minimum absolute atomic E-state index is 0.0941. The van der Waals surface area contributed by atoms with E-state index >= 15 is 0 Å². The average Bonchev–Trinajstić information content (AvgIpc) is 3.02. The molecule has 1 aromatic heterocycles. The Kier molecular flexibility index (Phi) is 5.30. The van der Waals surface area contributed by atoms with Crippen molar-refractivity contribution in [1.29, 1.82) is 0 Å². The van der Waals surface area contributed by atoms with Crippen LogP contribution in [0.1, 0.15) is 42.6 Å². The molecule has 1 fully saturated rings. The van der Waals surface area contributed by atoms with Gasteiger partial charge in [-0.1, -0.05) is 19.1 Å². The standard InChI is InChI=1S/C19H26N4O/c1-3-23-18(10-11-20-23)21-19(24)17-8-6-16(7-9-17)14-22-12-4-5-15(2)13-22/h6-11,15H,3-5,12-14H2,1-2H3,(H,21,24)/t15-/m1/s1. The number of nitrogens with one attached hydrogen (secondary N) is 1. The maximum atomic E-state index is 12.4. The van der Waals surface area contributed by atoms with E-state index in [0.29, 0.717) is 5.56 Å². The summed E-state index contributed by atoms with van der Waals surface area (Å²) in [6, 6.07) is 9.75. The lowest BCUT2D eigenvalue weighted by molar-refractivity contribution is 0.102. The second kappa shape index (κ2) is 7.62. The summed E-state index contributed by atoms with van der Waals surface area (Å²) in [4.78, 5) is 14.9. The Morgan fingerprint density at radius 1 is 1.29 bits per heavy atom. The molecular formula is C19H26N4O. The summed E-state index contributed by atoms with van der Waals surface area (Å²) in [7, 11) is 0. The third kappa shape index (κ3) is 4.03. The fourth-order valence-corrected chi connectivity index (χ4v) is 3.33. The Labute approximate surface area is 143 Å². The highest BCUT2D eigenvalue weighted by Crippen LogP contribution is 2.18. The maximum absolute atomic E-state index is 12.4. The van der Waals surface area contributed by atoms with Crippen molar-refractivity contribution in [2.24, 2.45) is 5.92 Å². The molecule has 1 saturated heterocycles. The smallest absolute Gasteiger partial charge is 0.256 e. The Morgan fingerprint density at radius 2 is 2.08 bits per heavy atom. The Bertz CT molecular complexity index is 677. The molecular weight excluding hydrogens is 300 g/mol. The van der Waals surface area contributed by atoms with Crippen LogP contribution >= 0.6 is 0 Å². The number of rotatable bonds is 5. The minimum atomic E-state index is -0.0941. The van der Waals surface area contributed by atoms with E-state index in [-0.39, 0.29) is 5.91 Å². The molecule has 1 N–H and O–H groups in total. The molecule has 0 bridgehead atoms. The monoisotopic (exact) mass is 326 g/mol. The summed E-state index contributed by atoms with van der Waals surface area (Å²) in [5, 5.41) is 7.08. The van der Waals surface area contributed by atoms with Gasteiger partial charge in [0.1, 0.15) is 5.82 Å². The van der Waals surface area contributed by atoms with Gasteiger partial charge in [0.2, 0.25) is 0 Å². The van der Waals surface area contributed by atoms with Crippen molar-refractivity contribution in [3.8, 4) is 0 Å². The second-order valence-electron chi connectivity index (χ2n) is 6.67. The number of hydrogen-bond donors (Lipinski definition) is 1. The summed E-state index contributed by atoms with van der Waals surface area (Å²) in [6.07, 6.45) is 4.32. The fourth-order valence-electron chi connectivity index (χ4n) is 3.33. The van der Waals surface area contributed by atoms with Gasteiger partial charge in [-0.3, -0.25) is 9.69 Å². The van der Waals surface area contributed by atoms with E-state index in [1.165, 1.54) is 31.5 Å². The quantitative estimate of drug-likeness (QED) is 0.916. The van der Waals surface area contributed by atoms with Gasteiger partial charge in [-0.25, -0.2) is 4.68 Å². The van der Waals surface area contributed by atoms with Crippen LogP contribution in [0.15, 0.2) is 36.5 Å². The number of carbonyl (C=O) groups is 1. The lowest BCUT2D eigenvalue weighted by Gasteiger charge is -2.30. The van der Waals surface area contributed by atoms with Crippen molar-refractivity contribution >= 4 is 11.7 Å². The van der Waals surface area contributed by atoms with Gasteiger partial charge in [-0.15, -0.1) is 0 Å². The van der Waals surface area contributed by atoms with Crippen LogP contribution in [0.3, 0.4) is 0 Å². The molecule has 5 nitrogen and oxygen atoms in total. The molecule has 1 amide bonds. The van der Waals surface area contributed by atoms with Crippen molar-refractivity contribution < 1.29 is 4.79 Å². The average molecular weight is 326 g/mol. The van der Waals surface area contributed by atoms with E-state index in [0.717, 1.165) is 24.8 Å². The molecule has 24 heavy (non-hydrogen) atoms. The van der Waals surface area contributed by atoms with Gasteiger partial charge in [0, 0.05) is 31.3 Å². The number of aryl methyl sites for hydroxylation is 1. The lowest BCUT2D eigenvalue weighted by atomic mass is 9.99. The summed E-state index contributed by atoms with van der Waals surface area (Å²) in [5.41, 5.74) is 1.94. The first-order valence-corrected chi connectivity index (χ1v) is 8.80. The van der Waals surface area contributed by atoms with E-state index in [1.54, 1.807) is 10.9 Å². The molecule has 0 unspecified atom stereocenters. The molecule has 5 heteroatoms. The zero-order chi connectivity index (χ0) is 16.9. The number of benzene rings is 1. The third-order valence-corrected chi connectivity index (χ3v) is 4.62. The second-order valence-corrected chi connectivity index (χ2v) is 6.67. The normalized spacial score (nSPS) is 18.5. The van der Waals surface area contributed by atoms with Gasteiger partial charge in [-0.2, -0.15) is 5.10 Å². The largest absolute Gasteiger partial charge is 0.307 e. The maximum Gasteiger partial charge on any atom is 0.256 e. The molecule has 0 saturated carbocycles. The van der Waals surface area contributed by atoms with Gasteiger partial charge in [0.05, 0.1) is 6.20 Å². The van der Waals surface area contributed by atoms with E-state index in [1.807, 2.05) is 25.1 Å². The van der Waals surface area contributed by atoms with Gasteiger partial charge < -0.3 is 5.32 Å². The fraction of sp³-hybridized carbons (Fsp3) is 0.474. The van der Waals surface area contributed by atoms with Gasteiger partial charge in [0.25, 0.3) is 5.91 Å². The number of piperidine rings is 1. The van der Waals surface area contributed by atoms with E-state index in [9.17, 15) is 4.79 Å². The van der Waals surface area contributed by atoms with E-state index < -0.39 is 0 Å². The van der Waals surface area contributed by atoms with Crippen molar-refractivity contribution in [2.45, 2.75) is 39.8 Å². The molecule has 2 heterocycles. The van der Waals surface area contributed by atoms with Gasteiger partial charge >= 0.3 is 0 Å². The van der Waals surface area contributed by atoms with Crippen LogP contribution in [-0.4, -0.2) is 33.7 Å². The van der Waals surface area contributed by atoms with Crippen LogP contribution in [-0.2, 0) is 13.1 Å². The summed E-state index contributed by atoms with van der Waals surface area (Å²) < 4.78 is 1.77. The van der Waals surface area contributed by atoms with Crippen molar-refractivity contribution in [3.63, 3.8) is 0 Å². The predicted molar refractivity (Wildman–Crippen MR) is 96.0 cm³/mol. The van der Waals surface area contributed by atoms with Gasteiger partial charge in [0.15, 0.2) is 0 Å². The Hall–Kier alpha value is -2.14. The van der Waals surface area contributed by atoms with Crippen LogP contribution in [0.25, 0.3) is 0 Å². The predicted octanol–water partition coefficient (Wildman–Crippen LogP) is 3.39. The Balaban J connectivity index is 1.60.